The Balaban J connectivity index is 0.00000300. The molecular formula is C23H28Br2N2O2. The quantitative estimate of drug-likeness (QED) is 0.315. The molecule has 0 aliphatic carbocycles. The fourth-order valence-electron chi connectivity index (χ4n) is 4.01. The molecule has 29 heavy (non-hydrogen) atoms. The van der Waals surface area contributed by atoms with Crippen LogP contribution in [0.1, 0.15) is 50.2 Å². The maximum absolute atomic E-state index is 12.5. The van der Waals surface area contributed by atoms with Crippen molar-refractivity contribution in [2.24, 2.45) is 0 Å². The Kier molecular flexibility index (Phi) is 7.82. The average Bonchev–Trinajstić information content (AvgIpc) is 2.81. The van der Waals surface area contributed by atoms with Gasteiger partial charge in [-0.15, -0.1) is 0 Å². The zero-order valence-electron chi connectivity index (χ0n) is 17.5. The summed E-state index contributed by atoms with van der Waals surface area (Å²) in [6.45, 7) is 6.73. The molecule has 1 aliphatic rings. The molecule has 0 aromatic heterocycles. The van der Waals surface area contributed by atoms with Crippen LogP contribution >= 0.6 is 15.9 Å². The van der Waals surface area contributed by atoms with Crippen molar-refractivity contribution in [1.29, 1.82) is 0 Å². The van der Waals surface area contributed by atoms with Gasteiger partial charge in [0, 0.05) is 16.6 Å². The normalized spacial score (nSPS) is 13.5. The molecular weight excluding hydrogens is 496 g/mol. The van der Waals surface area contributed by atoms with E-state index in [0.717, 1.165) is 34.9 Å². The summed E-state index contributed by atoms with van der Waals surface area (Å²) in [5.74, 6) is -0.346. The van der Waals surface area contributed by atoms with E-state index in [4.69, 9.17) is 0 Å². The monoisotopic (exact) mass is 522 g/mol. The minimum atomic E-state index is -0.176. The maximum Gasteiger partial charge on any atom is 0.261 e. The van der Waals surface area contributed by atoms with Gasteiger partial charge in [-0.2, -0.15) is 0 Å². The number of benzene rings is 2. The second-order valence-corrected chi connectivity index (χ2v) is 9.39. The van der Waals surface area contributed by atoms with E-state index >= 15 is 0 Å². The van der Waals surface area contributed by atoms with Gasteiger partial charge in [0.2, 0.25) is 0 Å². The van der Waals surface area contributed by atoms with Crippen LogP contribution < -0.4 is 17.0 Å². The molecule has 0 radical (unpaired) electrons. The minimum absolute atomic E-state index is 0. The SMILES string of the molecule is Cc1cc(C)cc(C[N+](C)(C)CCCCN2C(=O)c3ccc(Br)cc3C2=O)c1.[Br-]. The van der Waals surface area contributed by atoms with Crippen LogP contribution in [0.2, 0.25) is 0 Å². The zero-order chi connectivity index (χ0) is 20.5. The van der Waals surface area contributed by atoms with Crippen LogP contribution in [-0.2, 0) is 6.54 Å². The Hall–Kier alpha value is -1.50. The van der Waals surface area contributed by atoms with Crippen LogP contribution in [0.5, 0.6) is 0 Å². The van der Waals surface area contributed by atoms with Crippen LogP contribution in [0.4, 0.5) is 0 Å². The number of carbonyl (C=O) groups excluding carboxylic acids is 2. The maximum atomic E-state index is 12.5. The Morgan fingerprint density at radius 3 is 2.17 bits per heavy atom. The van der Waals surface area contributed by atoms with Gasteiger partial charge in [0.1, 0.15) is 6.54 Å². The molecule has 0 N–H and O–H groups in total. The van der Waals surface area contributed by atoms with Crippen molar-refractivity contribution in [2.45, 2.75) is 33.2 Å². The molecule has 1 heterocycles. The lowest BCUT2D eigenvalue weighted by atomic mass is 10.1. The van der Waals surface area contributed by atoms with E-state index in [0.29, 0.717) is 17.7 Å². The molecule has 0 spiro atoms. The molecule has 0 saturated carbocycles. The molecule has 2 aromatic carbocycles. The van der Waals surface area contributed by atoms with Gasteiger partial charge in [-0.3, -0.25) is 14.5 Å². The number of carbonyl (C=O) groups is 2. The van der Waals surface area contributed by atoms with Crippen LogP contribution in [0.3, 0.4) is 0 Å². The molecule has 4 nitrogen and oxygen atoms in total. The third-order valence-electron chi connectivity index (χ3n) is 5.22. The summed E-state index contributed by atoms with van der Waals surface area (Å²) < 4.78 is 1.71. The van der Waals surface area contributed by atoms with Crippen molar-refractivity contribution in [3.05, 3.63) is 68.7 Å². The number of imide groups is 1. The number of fused-ring (bicyclic) bond motifs is 1. The number of hydrogen-bond donors (Lipinski definition) is 0. The van der Waals surface area contributed by atoms with Gasteiger partial charge in [-0.05, 0) is 44.9 Å². The van der Waals surface area contributed by atoms with Gasteiger partial charge in [-0.25, -0.2) is 0 Å². The van der Waals surface area contributed by atoms with E-state index in [1.807, 2.05) is 0 Å². The molecule has 3 rings (SSSR count). The predicted molar refractivity (Wildman–Crippen MR) is 115 cm³/mol. The van der Waals surface area contributed by atoms with E-state index < -0.39 is 0 Å². The molecule has 2 amide bonds. The number of aryl methyl sites for hydroxylation is 2. The van der Waals surface area contributed by atoms with Crippen LogP contribution in [0, 0.1) is 13.8 Å². The van der Waals surface area contributed by atoms with E-state index in [2.05, 4.69) is 62.1 Å². The average molecular weight is 524 g/mol. The fourth-order valence-corrected chi connectivity index (χ4v) is 4.37. The van der Waals surface area contributed by atoms with E-state index in [1.165, 1.54) is 21.6 Å². The topological polar surface area (TPSA) is 37.4 Å². The highest BCUT2D eigenvalue weighted by Gasteiger charge is 2.35. The number of quaternary nitrogens is 1. The number of rotatable bonds is 7. The molecule has 0 bridgehead atoms. The first-order valence-electron chi connectivity index (χ1n) is 9.71. The Bertz CT molecular complexity index is 905. The second-order valence-electron chi connectivity index (χ2n) is 8.47. The lowest BCUT2D eigenvalue weighted by Crippen LogP contribution is -3.00. The van der Waals surface area contributed by atoms with Gasteiger partial charge < -0.3 is 21.5 Å². The van der Waals surface area contributed by atoms with Crippen molar-refractivity contribution in [1.82, 2.24) is 4.90 Å². The Labute approximate surface area is 192 Å². The highest BCUT2D eigenvalue weighted by atomic mass is 79.9. The molecule has 0 saturated heterocycles. The number of halogens is 2. The molecule has 2 aromatic rings. The van der Waals surface area contributed by atoms with Gasteiger partial charge in [0.15, 0.2) is 0 Å². The molecule has 0 unspecified atom stereocenters. The standard InChI is InChI=1S/C23H28BrN2O2.BrH/c1-16-11-17(2)13-18(12-16)15-26(3,4)10-6-5-9-25-22(27)20-8-7-19(24)14-21(20)23(25)28;/h7-8,11-14H,5-6,9-10,15H2,1-4H3;1H/q+1;/p-1. The summed E-state index contributed by atoms with van der Waals surface area (Å²) in [5.41, 5.74) is 4.97. The van der Waals surface area contributed by atoms with Crippen molar-refractivity contribution in [2.75, 3.05) is 27.2 Å². The summed E-state index contributed by atoms with van der Waals surface area (Å²) in [6.07, 6.45) is 1.79. The number of amides is 2. The third-order valence-corrected chi connectivity index (χ3v) is 5.71. The van der Waals surface area contributed by atoms with Gasteiger partial charge in [-0.1, -0.05) is 45.3 Å². The second kappa shape index (κ2) is 9.54. The van der Waals surface area contributed by atoms with Crippen LogP contribution in [0.25, 0.3) is 0 Å². The van der Waals surface area contributed by atoms with Crippen molar-refractivity contribution < 1.29 is 31.1 Å². The first kappa shape index (κ1) is 23.8. The number of nitrogens with zero attached hydrogens (tertiary/aromatic N) is 2. The van der Waals surface area contributed by atoms with E-state index in [1.54, 1.807) is 18.2 Å². The van der Waals surface area contributed by atoms with Gasteiger partial charge in [0.05, 0.1) is 31.8 Å². The summed E-state index contributed by atoms with van der Waals surface area (Å²) in [6, 6.07) is 12.0. The minimum Gasteiger partial charge on any atom is -1.00 e. The summed E-state index contributed by atoms with van der Waals surface area (Å²) in [7, 11) is 4.47. The number of unbranched alkanes of at least 4 members (excludes halogenated alkanes) is 1. The summed E-state index contributed by atoms with van der Waals surface area (Å²) >= 11 is 3.37. The van der Waals surface area contributed by atoms with E-state index in [9.17, 15) is 9.59 Å². The van der Waals surface area contributed by atoms with Crippen LogP contribution in [-0.4, -0.2) is 48.4 Å². The predicted octanol–water partition coefficient (Wildman–Crippen LogP) is 1.72. The lowest BCUT2D eigenvalue weighted by molar-refractivity contribution is -0.903. The molecule has 156 valence electrons. The number of hydrogen-bond acceptors (Lipinski definition) is 2. The van der Waals surface area contributed by atoms with Crippen molar-refractivity contribution in [3.63, 3.8) is 0 Å². The summed E-state index contributed by atoms with van der Waals surface area (Å²) in [4.78, 5) is 26.4. The molecule has 6 heteroatoms. The smallest absolute Gasteiger partial charge is 0.261 e. The zero-order valence-corrected chi connectivity index (χ0v) is 20.6. The fraction of sp³-hybridized carbons (Fsp3) is 0.391. The lowest BCUT2D eigenvalue weighted by Gasteiger charge is -2.30. The first-order valence-corrected chi connectivity index (χ1v) is 10.5. The van der Waals surface area contributed by atoms with Gasteiger partial charge in [0.25, 0.3) is 11.8 Å². The highest BCUT2D eigenvalue weighted by molar-refractivity contribution is 9.10. The van der Waals surface area contributed by atoms with Crippen molar-refractivity contribution in [3.8, 4) is 0 Å². The largest absolute Gasteiger partial charge is 1.00 e. The van der Waals surface area contributed by atoms with Crippen LogP contribution in [0.15, 0.2) is 40.9 Å². The van der Waals surface area contributed by atoms with Crippen molar-refractivity contribution >= 4 is 27.7 Å². The molecule has 0 atom stereocenters. The molecule has 1 aliphatic heterocycles. The first-order chi connectivity index (χ1) is 13.2. The summed E-state index contributed by atoms with van der Waals surface area (Å²) in [5, 5.41) is 0. The molecule has 0 fully saturated rings. The Morgan fingerprint density at radius 1 is 0.897 bits per heavy atom. The van der Waals surface area contributed by atoms with E-state index in [-0.39, 0.29) is 28.8 Å². The van der Waals surface area contributed by atoms with Gasteiger partial charge >= 0.3 is 0 Å². The third kappa shape index (κ3) is 5.77. The highest BCUT2D eigenvalue weighted by Crippen LogP contribution is 2.26. The Morgan fingerprint density at radius 2 is 1.52 bits per heavy atom.